The summed E-state index contributed by atoms with van der Waals surface area (Å²) >= 11 is 12.3. The van der Waals surface area contributed by atoms with Crippen LogP contribution in [0.25, 0.3) is 0 Å². The Labute approximate surface area is 244 Å². The van der Waals surface area contributed by atoms with Crippen LogP contribution in [0.3, 0.4) is 0 Å². The van der Waals surface area contributed by atoms with Gasteiger partial charge in [0.15, 0.2) is 0 Å². The van der Waals surface area contributed by atoms with Gasteiger partial charge in [0.2, 0.25) is 21.8 Å². The highest BCUT2D eigenvalue weighted by molar-refractivity contribution is 7.92. The van der Waals surface area contributed by atoms with Crippen LogP contribution in [0.5, 0.6) is 0 Å². The van der Waals surface area contributed by atoms with Crippen molar-refractivity contribution in [1.29, 1.82) is 0 Å². The van der Waals surface area contributed by atoms with Crippen LogP contribution in [0.15, 0.2) is 36.4 Å². The van der Waals surface area contributed by atoms with Crippen LogP contribution in [0.4, 0.5) is 11.4 Å². The number of non-ortho nitro benzene ring substituents is 1. The minimum atomic E-state index is -4.05. The second-order valence-corrected chi connectivity index (χ2v) is 12.8. The first-order valence-electron chi connectivity index (χ1n) is 13.1. The van der Waals surface area contributed by atoms with Gasteiger partial charge in [0.1, 0.15) is 12.6 Å². The molecule has 0 radical (unpaired) electrons. The first kappa shape index (κ1) is 31.6. The third-order valence-electron chi connectivity index (χ3n) is 7.03. The average Bonchev–Trinajstić information content (AvgIpc) is 2.89. The molecule has 1 atom stereocenters. The number of hydrogen-bond acceptors (Lipinski definition) is 6. The van der Waals surface area contributed by atoms with E-state index in [2.05, 4.69) is 5.32 Å². The number of nitrogens with zero attached hydrogens (tertiary/aromatic N) is 3. The predicted molar refractivity (Wildman–Crippen MR) is 156 cm³/mol. The van der Waals surface area contributed by atoms with E-state index < -0.39 is 33.4 Å². The van der Waals surface area contributed by atoms with Crippen LogP contribution >= 0.6 is 23.2 Å². The van der Waals surface area contributed by atoms with E-state index >= 15 is 0 Å². The number of anilines is 1. The summed E-state index contributed by atoms with van der Waals surface area (Å²) < 4.78 is 26.6. The molecule has 1 N–H and O–H groups in total. The van der Waals surface area contributed by atoms with Crippen LogP contribution in [0.2, 0.25) is 10.0 Å². The highest BCUT2D eigenvalue weighted by Gasteiger charge is 2.33. The quantitative estimate of drug-likeness (QED) is 0.273. The first-order chi connectivity index (χ1) is 18.8. The van der Waals surface area contributed by atoms with E-state index in [1.165, 1.54) is 17.0 Å². The van der Waals surface area contributed by atoms with Crippen molar-refractivity contribution < 1.29 is 22.9 Å². The smallest absolute Gasteiger partial charge is 0.271 e. The minimum Gasteiger partial charge on any atom is -0.352 e. The van der Waals surface area contributed by atoms with E-state index in [1.54, 1.807) is 32.0 Å². The molecular formula is C27H34Cl2N4O6S. The number of halogens is 2. The maximum absolute atomic E-state index is 13.9. The summed E-state index contributed by atoms with van der Waals surface area (Å²) in [6, 6.07) is 7.79. The van der Waals surface area contributed by atoms with E-state index in [0.717, 1.165) is 48.7 Å². The number of carbonyl (C=O) groups excluding carboxylic acids is 2. The number of rotatable bonds is 11. The van der Waals surface area contributed by atoms with Crippen LogP contribution in [-0.2, 0) is 26.2 Å². The van der Waals surface area contributed by atoms with Crippen LogP contribution in [-0.4, -0.2) is 54.9 Å². The van der Waals surface area contributed by atoms with Gasteiger partial charge < -0.3 is 10.2 Å². The largest absolute Gasteiger partial charge is 0.352 e. The number of sulfonamides is 1. The number of nitro groups is 1. The molecule has 40 heavy (non-hydrogen) atoms. The molecule has 1 fully saturated rings. The molecule has 0 unspecified atom stereocenters. The summed E-state index contributed by atoms with van der Waals surface area (Å²) in [6.45, 7) is 2.69. The topological polar surface area (TPSA) is 130 Å². The lowest BCUT2D eigenvalue weighted by atomic mass is 9.95. The van der Waals surface area contributed by atoms with Gasteiger partial charge in [-0.05, 0) is 49.4 Å². The third kappa shape index (κ3) is 8.08. The lowest BCUT2D eigenvalue weighted by Gasteiger charge is -2.34. The zero-order chi connectivity index (χ0) is 29.6. The Morgan fingerprint density at radius 3 is 2.35 bits per heavy atom. The standard InChI is InChI=1S/C27H34Cl2N4O6S/c1-4-24(27(35)30-20-8-6-5-7-9-20)31(16-19-11-13-22(28)23(29)14-19)26(34)17-32(40(3,38)39)25-15-21(33(36)37)12-10-18(25)2/h10-15,20,24H,4-9,16-17H2,1-3H3,(H,30,35)/t24-/m1/s1. The molecule has 2 aromatic carbocycles. The summed E-state index contributed by atoms with van der Waals surface area (Å²) in [5.74, 6) is -0.965. The number of hydrogen-bond donors (Lipinski definition) is 1. The Balaban J connectivity index is 1.99. The third-order valence-corrected chi connectivity index (χ3v) is 8.89. The number of benzene rings is 2. The Hall–Kier alpha value is -2.89. The van der Waals surface area contributed by atoms with E-state index in [-0.39, 0.29) is 41.3 Å². The van der Waals surface area contributed by atoms with Gasteiger partial charge >= 0.3 is 0 Å². The van der Waals surface area contributed by atoms with Crippen molar-refractivity contribution in [2.75, 3.05) is 17.1 Å². The molecule has 1 saturated carbocycles. The first-order valence-corrected chi connectivity index (χ1v) is 15.7. The van der Waals surface area contributed by atoms with Crippen molar-refractivity contribution in [2.45, 2.75) is 71.0 Å². The highest BCUT2D eigenvalue weighted by atomic mass is 35.5. The second-order valence-electron chi connectivity index (χ2n) is 10.0. The second kappa shape index (κ2) is 13.6. The van der Waals surface area contributed by atoms with E-state index in [4.69, 9.17) is 23.2 Å². The predicted octanol–water partition coefficient (Wildman–Crippen LogP) is 5.23. The monoisotopic (exact) mass is 612 g/mol. The molecule has 10 nitrogen and oxygen atoms in total. The normalized spacial score (nSPS) is 14.8. The van der Waals surface area contributed by atoms with Crippen molar-refractivity contribution in [3.63, 3.8) is 0 Å². The molecule has 0 aromatic heterocycles. The Bertz CT molecular complexity index is 1360. The molecule has 13 heteroatoms. The van der Waals surface area contributed by atoms with Gasteiger partial charge in [-0.25, -0.2) is 8.42 Å². The molecule has 2 aromatic rings. The van der Waals surface area contributed by atoms with Crippen molar-refractivity contribution in [3.8, 4) is 0 Å². The summed E-state index contributed by atoms with van der Waals surface area (Å²) in [7, 11) is -4.05. The fourth-order valence-electron chi connectivity index (χ4n) is 4.87. The number of aryl methyl sites for hydroxylation is 1. The number of nitrogens with one attached hydrogen (secondary N) is 1. The Morgan fingerprint density at radius 2 is 1.77 bits per heavy atom. The molecule has 2 amide bonds. The Kier molecular flexibility index (Phi) is 10.8. The molecule has 0 heterocycles. The SMILES string of the molecule is CC[C@H](C(=O)NC1CCCCC1)N(Cc1ccc(Cl)c(Cl)c1)C(=O)CN(c1cc([N+](=O)[O-])ccc1C)S(C)(=O)=O. The van der Waals surface area contributed by atoms with Gasteiger partial charge in [0.25, 0.3) is 5.69 Å². The zero-order valence-electron chi connectivity index (χ0n) is 22.7. The molecular weight excluding hydrogens is 579 g/mol. The van der Waals surface area contributed by atoms with Crippen molar-refractivity contribution in [3.05, 3.63) is 67.7 Å². The van der Waals surface area contributed by atoms with Crippen molar-refractivity contribution in [2.24, 2.45) is 0 Å². The highest BCUT2D eigenvalue weighted by Crippen LogP contribution is 2.29. The van der Waals surface area contributed by atoms with Crippen molar-refractivity contribution >= 4 is 56.4 Å². The lowest BCUT2D eigenvalue weighted by molar-refractivity contribution is -0.384. The molecule has 0 saturated heterocycles. The molecule has 1 aliphatic carbocycles. The van der Waals surface area contributed by atoms with Crippen LogP contribution in [0.1, 0.15) is 56.6 Å². The maximum atomic E-state index is 13.9. The lowest BCUT2D eigenvalue weighted by Crippen LogP contribution is -2.54. The zero-order valence-corrected chi connectivity index (χ0v) is 25.1. The summed E-state index contributed by atoms with van der Waals surface area (Å²) in [4.78, 5) is 39.5. The summed E-state index contributed by atoms with van der Waals surface area (Å²) in [6.07, 6.45) is 6.06. The van der Waals surface area contributed by atoms with E-state index in [0.29, 0.717) is 16.1 Å². The maximum Gasteiger partial charge on any atom is 0.271 e. The van der Waals surface area contributed by atoms with Gasteiger partial charge in [0, 0.05) is 24.7 Å². The van der Waals surface area contributed by atoms with Gasteiger partial charge in [-0.15, -0.1) is 0 Å². The van der Waals surface area contributed by atoms with E-state index in [9.17, 15) is 28.1 Å². The van der Waals surface area contributed by atoms with Gasteiger partial charge in [0.05, 0.1) is 26.9 Å². The molecule has 218 valence electrons. The van der Waals surface area contributed by atoms with Gasteiger partial charge in [-0.3, -0.25) is 24.0 Å². The van der Waals surface area contributed by atoms with E-state index in [1.807, 2.05) is 0 Å². The average molecular weight is 614 g/mol. The number of nitro benzene ring substituents is 1. The fraction of sp³-hybridized carbons (Fsp3) is 0.481. The van der Waals surface area contributed by atoms with Crippen LogP contribution in [0, 0.1) is 17.0 Å². The minimum absolute atomic E-state index is 0.0114. The molecule has 0 bridgehead atoms. The molecule has 1 aliphatic rings. The molecule has 0 aliphatic heterocycles. The van der Waals surface area contributed by atoms with Crippen LogP contribution < -0.4 is 9.62 Å². The van der Waals surface area contributed by atoms with Gasteiger partial charge in [-0.1, -0.05) is 61.5 Å². The molecule has 3 rings (SSSR count). The molecule has 0 spiro atoms. The number of carbonyl (C=O) groups is 2. The van der Waals surface area contributed by atoms with Crippen molar-refractivity contribution in [1.82, 2.24) is 10.2 Å². The summed E-state index contributed by atoms with van der Waals surface area (Å²) in [5, 5.41) is 15.1. The Morgan fingerprint density at radius 1 is 1.10 bits per heavy atom. The summed E-state index contributed by atoms with van der Waals surface area (Å²) in [5.41, 5.74) is 0.734. The fourth-order valence-corrected chi connectivity index (χ4v) is 6.09. The number of amides is 2. The van der Waals surface area contributed by atoms with Gasteiger partial charge in [-0.2, -0.15) is 0 Å².